The molecule has 0 bridgehead atoms. The molecule has 1 aromatic heterocycles. The van der Waals surface area contributed by atoms with Gasteiger partial charge in [-0.05, 0) is 24.7 Å². The molecule has 0 aliphatic carbocycles. The van der Waals surface area contributed by atoms with E-state index < -0.39 is 5.91 Å². The number of amides is 1. The van der Waals surface area contributed by atoms with E-state index in [0.717, 1.165) is 30.8 Å². The quantitative estimate of drug-likeness (QED) is 0.804. The van der Waals surface area contributed by atoms with Crippen molar-refractivity contribution >= 4 is 5.91 Å². The molecule has 100 valence electrons. The van der Waals surface area contributed by atoms with Crippen LogP contribution in [0.2, 0.25) is 0 Å². The molecule has 0 saturated carbocycles. The van der Waals surface area contributed by atoms with Gasteiger partial charge in [0, 0.05) is 31.3 Å². The van der Waals surface area contributed by atoms with E-state index in [-0.39, 0.29) is 0 Å². The average Bonchev–Trinajstić information content (AvgIpc) is 2.84. The van der Waals surface area contributed by atoms with Gasteiger partial charge in [-0.25, -0.2) is 4.98 Å². The number of carbonyl (C=O) groups is 1. The SMILES string of the molecule is CNCCc1cn(Cc2ccc(C(N)=O)cc2)cn1. The summed E-state index contributed by atoms with van der Waals surface area (Å²) >= 11 is 0. The molecule has 5 nitrogen and oxygen atoms in total. The van der Waals surface area contributed by atoms with Gasteiger partial charge in [-0.1, -0.05) is 12.1 Å². The minimum Gasteiger partial charge on any atom is -0.366 e. The molecule has 2 rings (SSSR count). The van der Waals surface area contributed by atoms with Crippen LogP contribution in [0.3, 0.4) is 0 Å². The number of nitrogens with two attached hydrogens (primary N) is 1. The average molecular weight is 258 g/mol. The molecule has 1 heterocycles. The molecule has 0 fully saturated rings. The Bertz CT molecular complexity index is 545. The lowest BCUT2D eigenvalue weighted by molar-refractivity contribution is 0.100. The molecule has 2 aromatic rings. The summed E-state index contributed by atoms with van der Waals surface area (Å²) in [5, 5.41) is 3.10. The maximum Gasteiger partial charge on any atom is 0.248 e. The van der Waals surface area contributed by atoms with Crippen molar-refractivity contribution < 1.29 is 4.79 Å². The second-order valence-corrected chi connectivity index (χ2v) is 4.45. The van der Waals surface area contributed by atoms with Crippen molar-refractivity contribution in [1.29, 1.82) is 0 Å². The van der Waals surface area contributed by atoms with E-state index in [2.05, 4.69) is 10.3 Å². The van der Waals surface area contributed by atoms with Gasteiger partial charge < -0.3 is 15.6 Å². The highest BCUT2D eigenvalue weighted by Gasteiger charge is 2.02. The molecule has 0 saturated heterocycles. The van der Waals surface area contributed by atoms with Gasteiger partial charge in [-0.3, -0.25) is 4.79 Å². The monoisotopic (exact) mass is 258 g/mol. The molecule has 5 heteroatoms. The molecule has 0 radical (unpaired) electrons. The van der Waals surface area contributed by atoms with Crippen LogP contribution in [0.5, 0.6) is 0 Å². The summed E-state index contributed by atoms with van der Waals surface area (Å²) in [6.07, 6.45) is 4.79. The van der Waals surface area contributed by atoms with Crippen LogP contribution in [0.4, 0.5) is 0 Å². The Morgan fingerprint density at radius 3 is 2.74 bits per heavy atom. The van der Waals surface area contributed by atoms with Crippen molar-refractivity contribution in [3.05, 3.63) is 53.6 Å². The Balaban J connectivity index is 2.00. The second kappa shape index (κ2) is 6.15. The van der Waals surface area contributed by atoms with Crippen molar-refractivity contribution in [2.75, 3.05) is 13.6 Å². The Hall–Kier alpha value is -2.14. The molecule has 19 heavy (non-hydrogen) atoms. The highest BCUT2D eigenvalue weighted by Crippen LogP contribution is 2.07. The number of imidazole rings is 1. The van der Waals surface area contributed by atoms with Gasteiger partial charge in [0.2, 0.25) is 5.91 Å². The number of hydrogen-bond donors (Lipinski definition) is 2. The number of rotatable bonds is 6. The Kier molecular flexibility index (Phi) is 4.30. The van der Waals surface area contributed by atoms with Crippen LogP contribution in [0.25, 0.3) is 0 Å². The van der Waals surface area contributed by atoms with Crippen LogP contribution in [-0.4, -0.2) is 29.1 Å². The summed E-state index contributed by atoms with van der Waals surface area (Å²) in [6, 6.07) is 7.31. The van der Waals surface area contributed by atoms with Gasteiger partial charge in [-0.2, -0.15) is 0 Å². The summed E-state index contributed by atoms with van der Waals surface area (Å²) in [5.41, 5.74) is 7.92. The molecule has 1 aromatic carbocycles. The van der Waals surface area contributed by atoms with E-state index in [9.17, 15) is 4.79 Å². The maximum atomic E-state index is 11.0. The van der Waals surface area contributed by atoms with Crippen molar-refractivity contribution in [2.24, 2.45) is 5.73 Å². The second-order valence-electron chi connectivity index (χ2n) is 4.45. The van der Waals surface area contributed by atoms with Gasteiger partial charge in [-0.15, -0.1) is 0 Å². The largest absolute Gasteiger partial charge is 0.366 e. The minimum atomic E-state index is -0.400. The van der Waals surface area contributed by atoms with Crippen molar-refractivity contribution in [2.45, 2.75) is 13.0 Å². The van der Waals surface area contributed by atoms with Gasteiger partial charge in [0.15, 0.2) is 0 Å². The normalized spacial score (nSPS) is 10.6. The highest BCUT2D eigenvalue weighted by atomic mass is 16.1. The predicted octanol–water partition coefficient (Wildman–Crippen LogP) is 0.792. The standard InChI is InChI=1S/C14H18N4O/c1-16-7-6-13-9-18(10-17-13)8-11-2-4-12(5-3-11)14(15)19/h2-5,9-10,16H,6-8H2,1H3,(H2,15,19). The number of benzene rings is 1. The van der Waals surface area contributed by atoms with Crippen LogP contribution in [0.15, 0.2) is 36.8 Å². The Morgan fingerprint density at radius 1 is 1.37 bits per heavy atom. The number of nitrogens with one attached hydrogen (secondary N) is 1. The smallest absolute Gasteiger partial charge is 0.248 e. The van der Waals surface area contributed by atoms with Gasteiger partial charge >= 0.3 is 0 Å². The molecule has 0 aliphatic rings. The van der Waals surface area contributed by atoms with Crippen LogP contribution in [-0.2, 0) is 13.0 Å². The zero-order chi connectivity index (χ0) is 13.7. The van der Waals surface area contributed by atoms with Crippen molar-refractivity contribution in [3.63, 3.8) is 0 Å². The van der Waals surface area contributed by atoms with E-state index in [1.807, 2.05) is 36.3 Å². The van der Waals surface area contributed by atoms with Crippen LogP contribution >= 0.6 is 0 Å². The van der Waals surface area contributed by atoms with E-state index in [1.54, 1.807) is 12.1 Å². The maximum absolute atomic E-state index is 11.0. The molecule has 0 aliphatic heterocycles. The number of hydrogen-bond acceptors (Lipinski definition) is 3. The van der Waals surface area contributed by atoms with Crippen molar-refractivity contribution in [1.82, 2.24) is 14.9 Å². The van der Waals surface area contributed by atoms with E-state index in [0.29, 0.717) is 5.56 Å². The van der Waals surface area contributed by atoms with E-state index in [4.69, 9.17) is 5.73 Å². The third kappa shape index (κ3) is 3.66. The highest BCUT2D eigenvalue weighted by molar-refractivity contribution is 5.92. The number of aromatic nitrogens is 2. The number of primary amides is 1. The summed E-state index contributed by atoms with van der Waals surface area (Å²) in [4.78, 5) is 15.3. The fraction of sp³-hybridized carbons (Fsp3) is 0.286. The van der Waals surface area contributed by atoms with Crippen LogP contribution in [0.1, 0.15) is 21.6 Å². The van der Waals surface area contributed by atoms with Crippen LogP contribution < -0.4 is 11.1 Å². The summed E-state index contributed by atoms with van der Waals surface area (Å²) in [7, 11) is 1.93. The third-order valence-electron chi connectivity index (χ3n) is 2.92. The molecular formula is C14H18N4O. The Morgan fingerprint density at radius 2 is 2.11 bits per heavy atom. The summed E-state index contributed by atoms with van der Waals surface area (Å²) < 4.78 is 2.03. The number of carbonyl (C=O) groups excluding carboxylic acids is 1. The third-order valence-corrected chi connectivity index (χ3v) is 2.92. The molecule has 0 atom stereocenters. The molecule has 1 amide bonds. The topological polar surface area (TPSA) is 72.9 Å². The number of nitrogens with zero attached hydrogens (tertiary/aromatic N) is 2. The zero-order valence-electron chi connectivity index (χ0n) is 11.0. The lowest BCUT2D eigenvalue weighted by Crippen LogP contribution is -2.10. The van der Waals surface area contributed by atoms with Gasteiger partial charge in [0.05, 0.1) is 12.0 Å². The fourth-order valence-electron chi connectivity index (χ4n) is 1.86. The molecule has 0 unspecified atom stereocenters. The first-order valence-electron chi connectivity index (χ1n) is 6.23. The molecular weight excluding hydrogens is 240 g/mol. The zero-order valence-corrected chi connectivity index (χ0v) is 11.0. The first kappa shape index (κ1) is 13.3. The van der Waals surface area contributed by atoms with Crippen molar-refractivity contribution in [3.8, 4) is 0 Å². The first-order chi connectivity index (χ1) is 9.19. The minimum absolute atomic E-state index is 0.400. The van der Waals surface area contributed by atoms with E-state index in [1.165, 1.54) is 0 Å². The Labute approximate surface area is 112 Å². The number of likely N-dealkylation sites (N-methyl/N-ethyl adjacent to an activating group) is 1. The van der Waals surface area contributed by atoms with Gasteiger partial charge in [0.25, 0.3) is 0 Å². The lowest BCUT2D eigenvalue weighted by atomic mass is 10.1. The first-order valence-corrected chi connectivity index (χ1v) is 6.23. The van der Waals surface area contributed by atoms with Crippen LogP contribution in [0, 0.1) is 0 Å². The van der Waals surface area contributed by atoms with E-state index >= 15 is 0 Å². The summed E-state index contributed by atoms with van der Waals surface area (Å²) in [5.74, 6) is -0.400. The summed E-state index contributed by atoms with van der Waals surface area (Å²) in [6.45, 7) is 1.66. The lowest BCUT2D eigenvalue weighted by Gasteiger charge is -2.03. The molecule has 0 spiro atoms. The fourth-order valence-corrected chi connectivity index (χ4v) is 1.86. The molecule has 3 N–H and O–H groups in total. The predicted molar refractivity (Wildman–Crippen MR) is 73.9 cm³/mol. The van der Waals surface area contributed by atoms with Gasteiger partial charge in [0.1, 0.15) is 0 Å².